The number of hydrogen-bond acceptors (Lipinski definition) is 3. The molecule has 0 spiro atoms. The third-order valence-corrected chi connectivity index (χ3v) is 3.59. The summed E-state index contributed by atoms with van der Waals surface area (Å²) in [6, 6.07) is 17.0. The summed E-state index contributed by atoms with van der Waals surface area (Å²) in [5, 5.41) is 12.5. The number of nitrogens with one attached hydrogen (secondary N) is 1. The first-order valence-electron chi connectivity index (χ1n) is 7.41. The highest BCUT2D eigenvalue weighted by Crippen LogP contribution is 2.30. The van der Waals surface area contributed by atoms with E-state index in [2.05, 4.69) is 10.3 Å². The van der Waals surface area contributed by atoms with Gasteiger partial charge >= 0.3 is 0 Å². The highest BCUT2D eigenvalue weighted by atomic mass is 19.1. The molecule has 3 aromatic rings. The van der Waals surface area contributed by atoms with E-state index in [0.29, 0.717) is 17.7 Å². The minimum Gasteiger partial charge on any atom is -0.504 e. The molecule has 1 heterocycles. The lowest BCUT2D eigenvalue weighted by Gasteiger charge is -2.07. The Labute approximate surface area is 138 Å². The van der Waals surface area contributed by atoms with Gasteiger partial charge in [0.2, 0.25) is 0 Å². The second-order valence-electron chi connectivity index (χ2n) is 5.24. The molecule has 0 aliphatic rings. The van der Waals surface area contributed by atoms with Crippen molar-refractivity contribution in [1.29, 1.82) is 0 Å². The molecule has 1 aromatic heterocycles. The van der Waals surface area contributed by atoms with Crippen molar-refractivity contribution in [3.63, 3.8) is 0 Å². The molecular weight excluding hydrogens is 307 g/mol. The van der Waals surface area contributed by atoms with Crippen molar-refractivity contribution in [3.8, 4) is 16.9 Å². The van der Waals surface area contributed by atoms with Gasteiger partial charge in [-0.3, -0.25) is 9.78 Å². The molecule has 0 radical (unpaired) electrons. The largest absolute Gasteiger partial charge is 0.504 e. The summed E-state index contributed by atoms with van der Waals surface area (Å²) in [5.41, 5.74) is 2.11. The number of aromatic hydroxyl groups is 1. The monoisotopic (exact) mass is 322 g/mol. The summed E-state index contributed by atoms with van der Waals surface area (Å²) in [4.78, 5) is 16.2. The van der Waals surface area contributed by atoms with Gasteiger partial charge in [0.05, 0.1) is 0 Å². The van der Waals surface area contributed by atoms with Crippen LogP contribution in [0.4, 0.5) is 4.39 Å². The molecule has 0 bridgehead atoms. The maximum Gasteiger partial charge on any atom is 0.270 e. The number of aromatic nitrogens is 1. The molecule has 0 saturated heterocycles. The van der Waals surface area contributed by atoms with Crippen LogP contribution in [0.3, 0.4) is 0 Å². The Bertz CT molecular complexity index is 849. The number of para-hydroxylation sites is 1. The fraction of sp³-hybridized carbons (Fsp3) is 0.0526. The molecule has 5 heteroatoms. The fourth-order valence-corrected chi connectivity index (χ4v) is 2.30. The number of pyridine rings is 1. The molecule has 1 amide bonds. The van der Waals surface area contributed by atoms with Crippen LogP contribution >= 0.6 is 0 Å². The average Bonchev–Trinajstić information content (AvgIpc) is 2.63. The van der Waals surface area contributed by atoms with Gasteiger partial charge in [0.25, 0.3) is 5.91 Å². The van der Waals surface area contributed by atoms with Crippen LogP contribution in [0.25, 0.3) is 11.1 Å². The van der Waals surface area contributed by atoms with Gasteiger partial charge in [-0.25, -0.2) is 4.39 Å². The quantitative estimate of drug-likeness (QED) is 0.772. The van der Waals surface area contributed by atoms with Crippen LogP contribution in [0.2, 0.25) is 0 Å². The van der Waals surface area contributed by atoms with E-state index in [1.807, 2.05) is 30.3 Å². The molecule has 2 aromatic carbocycles. The second kappa shape index (κ2) is 6.91. The summed E-state index contributed by atoms with van der Waals surface area (Å²) in [5.74, 6) is -1.42. The molecule has 0 fully saturated rings. The number of halogens is 1. The summed E-state index contributed by atoms with van der Waals surface area (Å²) < 4.78 is 13.4. The predicted octanol–water partition coefficient (Wildman–Crippen LogP) is 3.52. The third kappa shape index (κ3) is 3.41. The molecule has 120 valence electrons. The Kier molecular flexibility index (Phi) is 4.52. The number of benzene rings is 2. The zero-order valence-electron chi connectivity index (χ0n) is 12.7. The molecule has 0 aliphatic heterocycles. The van der Waals surface area contributed by atoms with Crippen LogP contribution in [0.1, 0.15) is 16.1 Å². The highest BCUT2D eigenvalue weighted by molar-refractivity contribution is 5.92. The number of nitrogens with zero attached hydrogens (tertiary/aromatic N) is 1. The first kappa shape index (κ1) is 15.7. The van der Waals surface area contributed by atoms with E-state index in [9.17, 15) is 14.3 Å². The molecule has 3 rings (SSSR count). The number of hydrogen-bond donors (Lipinski definition) is 2. The van der Waals surface area contributed by atoms with Crippen molar-refractivity contribution < 1.29 is 14.3 Å². The first-order valence-corrected chi connectivity index (χ1v) is 7.41. The maximum absolute atomic E-state index is 13.4. The van der Waals surface area contributed by atoms with Gasteiger partial charge in [0.1, 0.15) is 5.69 Å². The molecule has 0 unspecified atom stereocenters. The Morgan fingerprint density at radius 2 is 1.83 bits per heavy atom. The normalized spacial score (nSPS) is 10.4. The van der Waals surface area contributed by atoms with E-state index in [1.54, 1.807) is 18.2 Å². The standard InChI is InChI=1S/C19H15FN2O2/c20-16-8-4-7-15(18(16)23)14-9-10-17(21-12-14)19(24)22-11-13-5-2-1-3-6-13/h1-10,12,23H,11H2,(H,22,24). The lowest BCUT2D eigenvalue weighted by Crippen LogP contribution is -2.23. The van der Waals surface area contributed by atoms with Crippen LogP contribution in [0, 0.1) is 5.82 Å². The Morgan fingerprint density at radius 3 is 2.54 bits per heavy atom. The van der Waals surface area contributed by atoms with E-state index < -0.39 is 11.6 Å². The van der Waals surface area contributed by atoms with Crippen LogP contribution in [0.5, 0.6) is 5.75 Å². The lowest BCUT2D eigenvalue weighted by atomic mass is 10.1. The summed E-state index contributed by atoms with van der Waals surface area (Å²) in [7, 11) is 0. The van der Waals surface area contributed by atoms with Gasteiger partial charge in [-0.1, -0.05) is 48.5 Å². The number of phenolic OH excluding ortho intramolecular Hbond substituents is 1. The summed E-state index contributed by atoms with van der Waals surface area (Å²) in [6.45, 7) is 0.411. The van der Waals surface area contributed by atoms with Gasteiger partial charge in [-0.15, -0.1) is 0 Å². The van der Waals surface area contributed by atoms with E-state index in [1.165, 1.54) is 18.3 Å². The minimum atomic E-state index is -0.697. The molecule has 0 aliphatic carbocycles. The Hall–Kier alpha value is -3.21. The van der Waals surface area contributed by atoms with Gasteiger partial charge in [0, 0.05) is 23.9 Å². The summed E-state index contributed by atoms with van der Waals surface area (Å²) >= 11 is 0. The highest BCUT2D eigenvalue weighted by Gasteiger charge is 2.11. The number of carbonyl (C=O) groups excluding carboxylic acids is 1. The minimum absolute atomic E-state index is 0.255. The number of amides is 1. The van der Waals surface area contributed by atoms with Gasteiger partial charge < -0.3 is 10.4 Å². The topological polar surface area (TPSA) is 62.2 Å². The van der Waals surface area contributed by atoms with E-state index in [-0.39, 0.29) is 11.6 Å². The number of phenols is 1. The smallest absolute Gasteiger partial charge is 0.270 e. The first-order chi connectivity index (χ1) is 11.6. The molecule has 2 N–H and O–H groups in total. The van der Waals surface area contributed by atoms with Gasteiger partial charge in [-0.05, 0) is 17.7 Å². The van der Waals surface area contributed by atoms with Crippen molar-refractivity contribution in [2.45, 2.75) is 6.54 Å². The Morgan fingerprint density at radius 1 is 1.04 bits per heavy atom. The van der Waals surface area contributed by atoms with Crippen LogP contribution in [-0.2, 0) is 6.54 Å². The Balaban J connectivity index is 1.72. The summed E-state index contributed by atoms with van der Waals surface area (Å²) in [6.07, 6.45) is 1.44. The van der Waals surface area contributed by atoms with Crippen molar-refractivity contribution in [3.05, 3.63) is 83.9 Å². The van der Waals surface area contributed by atoms with Crippen molar-refractivity contribution in [2.75, 3.05) is 0 Å². The molecule has 0 saturated carbocycles. The number of rotatable bonds is 4. The molecular formula is C19H15FN2O2. The van der Waals surface area contributed by atoms with Crippen molar-refractivity contribution in [1.82, 2.24) is 10.3 Å². The van der Waals surface area contributed by atoms with Crippen LogP contribution < -0.4 is 5.32 Å². The molecule has 4 nitrogen and oxygen atoms in total. The molecule has 0 atom stereocenters. The van der Waals surface area contributed by atoms with Crippen molar-refractivity contribution in [2.24, 2.45) is 0 Å². The van der Waals surface area contributed by atoms with Gasteiger partial charge in [0.15, 0.2) is 11.6 Å². The van der Waals surface area contributed by atoms with Crippen LogP contribution in [-0.4, -0.2) is 16.0 Å². The van der Waals surface area contributed by atoms with Crippen molar-refractivity contribution >= 4 is 5.91 Å². The zero-order valence-corrected chi connectivity index (χ0v) is 12.7. The second-order valence-corrected chi connectivity index (χ2v) is 5.24. The van der Waals surface area contributed by atoms with E-state index >= 15 is 0 Å². The van der Waals surface area contributed by atoms with Crippen LogP contribution in [0.15, 0.2) is 66.9 Å². The lowest BCUT2D eigenvalue weighted by molar-refractivity contribution is 0.0946. The number of carbonyl (C=O) groups is 1. The predicted molar refractivity (Wildman–Crippen MR) is 88.9 cm³/mol. The van der Waals surface area contributed by atoms with E-state index in [4.69, 9.17) is 0 Å². The molecule has 24 heavy (non-hydrogen) atoms. The SMILES string of the molecule is O=C(NCc1ccccc1)c1ccc(-c2cccc(F)c2O)cn1. The fourth-order valence-electron chi connectivity index (χ4n) is 2.30. The third-order valence-electron chi connectivity index (χ3n) is 3.59. The average molecular weight is 322 g/mol. The van der Waals surface area contributed by atoms with Gasteiger partial charge in [-0.2, -0.15) is 0 Å². The zero-order chi connectivity index (χ0) is 16.9. The van der Waals surface area contributed by atoms with E-state index in [0.717, 1.165) is 5.56 Å². The maximum atomic E-state index is 13.4.